The van der Waals surface area contributed by atoms with Crippen LogP contribution < -0.4 is 16.2 Å². The van der Waals surface area contributed by atoms with Crippen molar-refractivity contribution >= 4 is 114 Å². The van der Waals surface area contributed by atoms with Crippen LogP contribution in [0.4, 0.5) is 11.4 Å². The van der Waals surface area contributed by atoms with E-state index in [1.165, 1.54) is 142 Å². The number of fused-ring (bicyclic) bond motifs is 16. The van der Waals surface area contributed by atoms with Gasteiger partial charge in [-0.05, 0) is 140 Å². The van der Waals surface area contributed by atoms with Crippen LogP contribution in [0.5, 0.6) is 0 Å². The molecule has 14 rings (SSSR count). The molecule has 1 aliphatic heterocycles. The van der Waals surface area contributed by atoms with Gasteiger partial charge in [-0.15, -0.1) is 22.7 Å². The molecule has 3 aliphatic rings. The van der Waals surface area contributed by atoms with E-state index in [2.05, 4.69) is 206 Å². The molecule has 0 radical (unpaired) electrons. The predicted molar refractivity (Wildman–Crippen MR) is 300 cm³/mol. The van der Waals surface area contributed by atoms with Gasteiger partial charge < -0.3 is 9.88 Å². The van der Waals surface area contributed by atoms with Crippen molar-refractivity contribution in [3.63, 3.8) is 0 Å². The standard InChI is InChI=1S/C63H55BN2S2/c1-60(2,3)34-22-24-35(25-23-34)65-47-33-53-39(36-16-11-14-20-50(36)68-53)28-41(47)55-54-38-18-10-13-19-43(38)63(8,9)57(54)56-42-29-44-45(62(6,7)27-26-61(44,4)5)31-48(42)66-49-30-40-37-17-12-15-21-51(37)67-52(40)32-46(49)64-58(55)59(56)66/h10-25,28-33,64-65H,26-27H2,1-9H3. The molecule has 8 aromatic carbocycles. The molecular formula is C63H55BN2S2. The average molecular weight is 915 g/mol. The van der Waals surface area contributed by atoms with Crippen LogP contribution in [-0.2, 0) is 21.7 Å². The van der Waals surface area contributed by atoms with E-state index in [9.17, 15) is 0 Å². The molecule has 4 heterocycles. The lowest BCUT2D eigenvalue weighted by Gasteiger charge is -2.42. The van der Waals surface area contributed by atoms with Crippen molar-refractivity contribution < 1.29 is 0 Å². The number of hydrogen-bond acceptors (Lipinski definition) is 3. The molecule has 5 heteroatoms. The minimum absolute atomic E-state index is 0.0661. The Hall–Kier alpha value is -6.14. The summed E-state index contributed by atoms with van der Waals surface area (Å²) in [6.45, 7) is 21.8. The Kier molecular flexibility index (Phi) is 8.15. The number of benzene rings is 8. The molecule has 0 spiro atoms. The van der Waals surface area contributed by atoms with Gasteiger partial charge in [-0.25, -0.2) is 0 Å². The van der Waals surface area contributed by atoms with E-state index in [0.717, 1.165) is 18.7 Å². The highest BCUT2D eigenvalue weighted by Crippen LogP contribution is 2.59. The van der Waals surface area contributed by atoms with E-state index >= 15 is 0 Å². The SMILES string of the molecule is CC(C)(C)c1ccc(Nc2cc3sc4ccccc4c3cc2-c2c3c(c4c5cc6c(cc5n5c4c2Bc2cc4sc7ccccc7c4cc2-5)C(C)(C)CCC6(C)C)C(C)(C)c2ccccc2-3)cc1. The first-order valence-electron chi connectivity index (χ1n) is 24.7. The fourth-order valence-electron chi connectivity index (χ4n) is 13.0. The summed E-state index contributed by atoms with van der Waals surface area (Å²) in [6.07, 6.45) is 2.36. The van der Waals surface area contributed by atoms with Crippen LogP contribution in [0, 0.1) is 0 Å². The largest absolute Gasteiger partial charge is 0.355 e. The summed E-state index contributed by atoms with van der Waals surface area (Å²) < 4.78 is 8.09. The van der Waals surface area contributed by atoms with E-state index in [4.69, 9.17) is 0 Å². The fraction of sp³-hybridized carbons (Fsp3) is 0.238. The summed E-state index contributed by atoms with van der Waals surface area (Å²) in [5.74, 6) is 0. The molecule has 0 unspecified atom stereocenters. The zero-order valence-electron chi connectivity index (χ0n) is 40.6. The Bertz CT molecular complexity index is 4030. The summed E-state index contributed by atoms with van der Waals surface area (Å²) in [6, 6.07) is 52.0. The normalized spacial score (nSPS) is 16.4. The molecule has 0 saturated carbocycles. The number of anilines is 2. The van der Waals surface area contributed by atoms with Gasteiger partial charge in [0.05, 0.1) is 5.52 Å². The lowest BCUT2D eigenvalue weighted by molar-refractivity contribution is 0.332. The van der Waals surface area contributed by atoms with E-state index in [0.29, 0.717) is 0 Å². The van der Waals surface area contributed by atoms with Gasteiger partial charge in [-0.2, -0.15) is 0 Å². The third-order valence-electron chi connectivity index (χ3n) is 16.8. The molecule has 0 atom stereocenters. The Balaban J connectivity index is 1.18. The fourth-order valence-corrected chi connectivity index (χ4v) is 15.3. The molecule has 1 N–H and O–H groups in total. The first-order valence-corrected chi connectivity index (χ1v) is 26.3. The number of aromatic nitrogens is 1. The van der Waals surface area contributed by atoms with Crippen molar-refractivity contribution in [1.29, 1.82) is 0 Å². The number of nitrogens with one attached hydrogen (secondary N) is 1. The monoisotopic (exact) mass is 914 g/mol. The van der Waals surface area contributed by atoms with Gasteiger partial charge in [0.2, 0.25) is 0 Å². The minimum Gasteiger partial charge on any atom is -0.355 e. The van der Waals surface area contributed by atoms with Crippen molar-refractivity contribution in [2.24, 2.45) is 0 Å². The Labute approximate surface area is 407 Å². The van der Waals surface area contributed by atoms with Crippen molar-refractivity contribution in [2.75, 3.05) is 5.32 Å². The topological polar surface area (TPSA) is 17.0 Å². The Morgan fingerprint density at radius 2 is 1.18 bits per heavy atom. The molecule has 2 nitrogen and oxygen atoms in total. The van der Waals surface area contributed by atoms with Crippen LogP contribution in [-0.4, -0.2) is 11.8 Å². The van der Waals surface area contributed by atoms with Crippen LogP contribution >= 0.6 is 22.7 Å². The van der Waals surface area contributed by atoms with Crippen LogP contribution in [0.25, 0.3) is 90.1 Å². The lowest BCUT2D eigenvalue weighted by atomic mass is 9.57. The maximum Gasteiger partial charge on any atom is 0.198 e. The van der Waals surface area contributed by atoms with Gasteiger partial charge in [-0.1, -0.05) is 141 Å². The smallest absolute Gasteiger partial charge is 0.198 e. The number of rotatable bonds is 3. The van der Waals surface area contributed by atoms with E-state index in [-0.39, 0.29) is 21.7 Å². The summed E-state index contributed by atoms with van der Waals surface area (Å²) in [7, 11) is 0.844. The van der Waals surface area contributed by atoms with E-state index in [1.54, 1.807) is 0 Å². The van der Waals surface area contributed by atoms with Gasteiger partial charge in [0, 0.05) is 84.7 Å². The van der Waals surface area contributed by atoms with Crippen LogP contribution in [0.15, 0.2) is 133 Å². The molecule has 11 aromatic rings. The second-order valence-electron chi connectivity index (χ2n) is 23.2. The predicted octanol–water partition coefficient (Wildman–Crippen LogP) is 16.6. The summed E-state index contributed by atoms with van der Waals surface area (Å²) >= 11 is 3.84. The molecule has 3 aromatic heterocycles. The van der Waals surface area contributed by atoms with Crippen LogP contribution in [0.1, 0.15) is 103 Å². The summed E-state index contributed by atoms with van der Waals surface area (Å²) in [5.41, 5.74) is 21.7. The molecule has 0 amide bonds. The van der Waals surface area contributed by atoms with Crippen molar-refractivity contribution in [2.45, 2.75) is 96.8 Å². The van der Waals surface area contributed by atoms with Gasteiger partial charge >= 0.3 is 0 Å². The van der Waals surface area contributed by atoms with Crippen molar-refractivity contribution in [3.8, 4) is 27.9 Å². The molecule has 332 valence electrons. The first kappa shape index (κ1) is 40.9. The quantitative estimate of drug-likeness (QED) is 0.175. The minimum atomic E-state index is -0.258. The molecule has 0 saturated heterocycles. The van der Waals surface area contributed by atoms with Gasteiger partial charge in [0.1, 0.15) is 0 Å². The Morgan fingerprint density at radius 3 is 1.87 bits per heavy atom. The highest BCUT2D eigenvalue weighted by atomic mass is 32.1. The second-order valence-corrected chi connectivity index (χ2v) is 25.4. The highest BCUT2D eigenvalue weighted by molar-refractivity contribution is 7.26. The maximum absolute atomic E-state index is 4.10. The van der Waals surface area contributed by atoms with Crippen molar-refractivity contribution in [1.82, 2.24) is 4.57 Å². The molecule has 68 heavy (non-hydrogen) atoms. The Morgan fingerprint density at radius 1 is 0.559 bits per heavy atom. The average Bonchev–Trinajstić information content (AvgIpc) is 4.03. The molecule has 0 bridgehead atoms. The zero-order chi connectivity index (χ0) is 46.4. The van der Waals surface area contributed by atoms with E-state index < -0.39 is 0 Å². The van der Waals surface area contributed by atoms with Crippen molar-refractivity contribution in [3.05, 3.63) is 161 Å². The van der Waals surface area contributed by atoms with Gasteiger partial charge in [0.15, 0.2) is 7.28 Å². The maximum atomic E-state index is 4.10. The number of thiophene rings is 2. The zero-order valence-corrected chi connectivity index (χ0v) is 42.2. The van der Waals surface area contributed by atoms with Crippen LogP contribution in [0.3, 0.4) is 0 Å². The number of nitrogens with zero attached hydrogens (tertiary/aromatic N) is 1. The summed E-state index contributed by atoms with van der Waals surface area (Å²) in [5, 5.41) is 12.3. The molecule has 0 fully saturated rings. The first-order chi connectivity index (χ1) is 32.6. The van der Waals surface area contributed by atoms with Gasteiger partial charge in [0.25, 0.3) is 0 Å². The van der Waals surface area contributed by atoms with Gasteiger partial charge in [-0.3, -0.25) is 0 Å². The molecule has 2 aliphatic carbocycles. The summed E-state index contributed by atoms with van der Waals surface area (Å²) in [4.78, 5) is 0. The second kappa shape index (κ2) is 13.6. The number of hydrogen-bond donors (Lipinski definition) is 1. The van der Waals surface area contributed by atoms with E-state index in [1.807, 2.05) is 22.7 Å². The lowest BCUT2D eigenvalue weighted by Crippen LogP contribution is -2.38. The molecular weight excluding hydrogens is 860 g/mol. The van der Waals surface area contributed by atoms with Crippen LogP contribution in [0.2, 0.25) is 0 Å². The highest BCUT2D eigenvalue weighted by Gasteiger charge is 2.44. The third-order valence-corrected chi connectivity index (χ3v) is 19.0. The third kappa shape index (κ3) is 5.52.